The number of carbonyl (C=O) groups is 4. The average molecular weight is 958 g/mol. The first kappa shape index (κ1) is 50.4. The van der Waals surface area contributed by atoms with Gasteiger partial charge < -0.3 is 50.1 Å². The minimum atomic E-state index is -1.18. The molecule has 0 aliphatic carbocycles. The van der Waals surface area contributed by atoms with Crippen LogP contribution in [0.5, 0.6) is 11.5 Å². The van der Waals surface area contributed by atoms with Crippen LogP contribution in [0.1, 0.15) is 48.8 Å². The Kier molecular flexibility index (Phi) is 17.4. The number of carbonyl (C=O) groups excluding carboxylic acids is 3. The number of imidazole rings is 1. The molecule has 0 unspecified atom stereocenters. The number of hydrogen-bond donors (Lipinski definition) is 4. The highest BCUT2D eigenvalue weighted by molar-refractivity contribution is 6.31. The van der Waals surface area contributed by atoms with E-state index in [1.165, 1.54) is 13.3 Å². The maximum absolute atomic E-state index is 14.3. The second-order valence-electron chi connectivity index (χ2n) is 17.3. The molecule has 0 bridgehead atoms. The largest absolute Gasteiger partial charge is 0.619 e. The van der Waals surface area contributed by atoms with Crippen LogP contribution in [0, 0.1) is 11.1 Å². The van der Waals surface area contributed by atoms with Crippen molar-refractivity contribution in [3.63, 3.8) is 0 Å². The van der Waals surface area contributed by atoms with Crippen molar-refractivity contribution < 1.29 is 38.5 Å². The number of hydrogen-bond acceptors (Lipinski definition) is 10. The quantitative estimate of drug-likeness (QED) is 0.0533. The summed E-state index contributed by atoms with van der Waals surface area (Å²) in [5.41, 5.74) is 2.76. The molecule has 356 valence electrons. The monoisotopic (exact) mass is 956 g/mol. The van der Waals surface area contributed by atoms with Crippen LogP contribution in [-0.4, -0.2) is 107 Å². The zero-order chi connectivity index (χ0) is 48.3. The van der Waals surface area contributed by atoms with Crippen molar-refractivity contribution in [1.29, 1.82) is 0 Å². The van der Waals surface area contributed by atoms with Gasteiger partial charge in [-0.05, 0) is 94.4 Å². The predicted octanol–water partition coefficient (Wildman–Crippen LogP) is 5.54. The highest BCUT2D eigenvalue weighted by Crippen LogP contribution is 2.32. The molecule has 3 amide bonds. The van der Waals surface area contributed by atoms with Crippen LogP contribution in [0.2, 0.25) is 10.0 Å². The van der Waals surface area contributed by atoms with Gasteiger partial charge in [0.1, 0.15) is 23.4 Å². The third-order valence-corrected chi connectivity index (χ3v) is 12.3. The Morgan fingerprint density at radius 3 is 2.42 bits per heavy atom. The fraction of sp³-hybridized carbons (Fsp3) is 0.388. The SMILES string of the molecule is COC[C@H](NC(=O)[C@H](C)NCc1ccc(Cl)cc1Oc1ccc(-c2cnc(CN(C)C)n2C)cc1)C(=O)N[C@@]1(Cc2ccc(Cl)cc2)CCCN(C(=O)[C@@H](CC(=O)O)Cc2cccc[n+]2[O-])C1. The first-order chi connectivity index (χ1) is 32.0. The van der Waals surface area contributed by atoms with Gasteiger partial charge in [0, 0.05) is 73.5 Å². The van der Waals surface area contributed by atoms with Crippen molar-refractivity contribution in [2.45, 2.75) is 69.7 Å². The molecule has 0 radical (unpaired) electrons. The van der Waals surface area contributed by atoms with Gasteiger partial charge in [-0.2, -0.15) is 4.73 Å². The Hall–Kier alpha value is -6.04. The van der Waals surface area contributed by atoms with E-state index >= 15 is 0 Å². The Morgan fingerprint density at radius 1 is 1.00 bits per heavy atom. The molecule has 1 aliphatic rings. The number of carboxylic acid groups (broad SMARTS) is 1. The molecule has 0 saturated carbocycles. The highest BCUT2D eigenvalue weighted by Gasteiger charge is 2.42. The molecule has 5 aromatic rings. The minimum Gasteiger partial charge on any atom is -0.619 e. The van der Waals surface area contributed by atoms with Gasteiger partial charge in [-0.15, -0.1) is 0 Å². The van der Waals surface area contributed by atoms with Crippen LogP contribution in [0.4, 0.5) is 0 Å². The number of methoxy groups -OCH3 is 1. The molecule has 67 heavy (non-hydrogen) atoms. The predicted molar refractivity (Wildman–Crippen MR) is 254 cm³/mol. The molecule has 1 aliphatic heterocycles. The number of likely N-dealkylation sites (tertiary alicyclic amines) is 1. The van der Waals surface area contributed by atoms with E-state index < -0.39 is 53.7 Å². The van der Waals surface area contributed by atoms with E-state index in [0.717, 1.165) is 28.2 Å². The normalized spacial score (nSPS) is 16.3. The Morgan fingerprint density at radius 2 is 1.73 bits per heavy atom. The number of aromatic nitrogens is 3. The molecule has 0 spiro atoms. The van der Waals surface area contributed by atoms with Crippen molar-refractivity contribution in [3.8, 4) is 22.8 Å². The van der Waals surface area contributed by atoms with Crippen LogP contribution in [0.3, 0.4) is 0 Å². The molecule has 6 rings (SSSR count). The molecule has 3 aromatic carbocycles. The molecule has 3 heterocycles. The third-order valence-electron chi connectivity index (χ3n) is 11.8. The van der Waals surface area contributed by atoms with Crippen molar-refractivity contribution in [2.75, 3.05) is 40.9 Å². The number of halogens is 2. The van der Waals surface area contributed by atoms with Crippen molar-refractivity contribution >= 4 is 46.9 Å². The van der Waals surface area contributed by atoms with E-state index in [0.29, 0.717) is 58.6 Å². The average Bonchev–Trinajstić information content (AvgIpc) is 3.65. The summed E-state index contributed by atoms with van der Waals surface area (Å²) in [6, 6.07) is 23.0. The first-order valence-corrected chi connectivity index (χ1v) is 22.8. The van der Waals surface area contributed by atoms with Gasteiger partial charge in [-0.25, -0.2) is 4.98 Å². The fourth-order valence-electron chi connectivity index (χ4n) is 8.28. The maximum Gasteiger partial charge on any atom is 0.304 e. The topological polar surface area (TPSA) is 194 Å². The Labute approximate surface area is 400 Å². The van der Waals surface area contributed by atoms with Gasteiger partial charge in [-0.1, -0.05) is 47.5 Å². The lowest BCUT2D eigenvalue weighted by Gasteiger charge is -2.45. The van der Waals surface area contributed by atoms with E-state index in [1.54, 1.807) is 54.3 Å². The summed E-state index contributed by atoms with van der Waals surface area (Å²) >= 11 is 12.6. The van der Waals surface area contributed by atoms with E-state index in [9.17, 15) is 29.5 Å². The lowest BCUT2D eigenvalue weighted by molar-refractivity contribution is -0.614. The molecular weight excluding hydrogens is 899 g/mol. The van der Waals surface area contributed by atoms with Crippen molar-refractivity contribution in [2.24, 2.45) is 13.0 Å². The second-order valence-corrected chi connectivity index (χ2v) is 18.2. The Balaban J connectivity index is 1.13. The van der Waals surface area contributed by atoms with Crippen molar-refractivity contribution in [3.05, 3.63) is 135 Å². The lowest BCUT2D eigenvalue weighted by Crippen LogP contribution is -2.65. The number of ether oxygens (including phenoxy) is 2. The van der Waals surface area contributed by atoms with Gasteiger partial charge >= 0.3 is 5.97 Å². The van der Waals surface area contributed by atoms with E-state index in [2.05, 4.69) is 30.4 Å². The molecular formula is C49H58Cl2N8O8. The van der Waals surface area contributed by atoms with Gasteiger partial charge in [0.25, 0.3) is 0 Å². The van der Waals surface area contributed by atoms with Gasteiger partial charge in [-0.3, -0.25) is 19.2 Å². The van der Waals surface area contributed by atoms with E-state index in [-0.39, 0.29) is 31.8 Å². The number of carboxylic acids is 1. The number of nitrogens with one attached hydrogen (secondary N) is 3. The van der Waals surface area contributed by atoms with Crippen LogP contribution >= 0.6 is 23.2 Å². The Bertz CT molecular complexity index is 2500. The molecule has 1 fully saturated rings. The third kappa shape index (κ3) is 13.8. The zero-order valence-corrected chi connectivity index (χ0v) is 39.8. The number of piperidine rings is 1. The minimum absolute atomic E-state index is 0.0476. The maximum atomic E-state index is 14.3. The summed E-state index contributed by atoms with van der Waals surface area (Å²) in [5, 5.41) is 32.6. The molecule has 18 heteroatoms. The van der Waals surface area contributed by atoms with E-state index in [1.807, 2.05) is 69.8 Å². The second kappa shape index (κ2) is 23.1. The van der Waals surface area contributed by atoms with Crippen LogP contribution in [0.15, 0.2) is 97.3 Å². The summed E-state index contributed by atoms with van der Waals surface area (Å²) in [5.74, 6) is -1.60. The van der Waals surface area contributed by atoms with Crippen LogP contribution < -0.4 is 25.4 Å². The van der Waals surface area contributed by atoms with Gasteiger partial charge in [0.15, 0.2) is 11.9 Å². The highest BCUT2D eigenvalue weighted by atomic mass is 35.5. The van der Waals surface area contributed by atoms with E-state index in [4.69, 9.17) is 32.7 Å². The zero-order valence-electron chi connectivity index (χ0n) is 38.3. The number of amides is 3. The van der Waals surface area contributed by atoms with Crippen LogP contribution in [-0.2, 0) is 56.9 Å². The molecule has 16 nitrogen and oxygen atoms in total. The number of aliphatic carboxylic acids is 1. The molecule has 4 atom stereocenters. The smallest absolute Gasteiger partial charge is 0.304 e. The number of rotatable bonds is 21. The first-order valence-electron chi connectivity index (χ1n) is 22.0. The van der Waals surface area contributed by atoms with Crippen LogP contribution in [0.25, 0.3) is 11.3 Å². The summed E-state index contributed by atoms with van der Waals surface area (Å²) in [7, 11) is 7.42. The van der Waals surface area contributed by atoms with Crippen molar-refractivity contribution in [1.82, 2.24) is 35.3 Å². The number of pyridine rings is 1. The fourth-order valence-corrected chi connectivity index (χ4v) is 8.57. The van der Waals surface area contributed by atoms with Gasteiger partial charge in [0.2, 0.25) is 17.7 Å². The molecule has 1 saturated heterocycles. The standard InChI is InChI=1S/C49H58Cl2N8O8/c1-32(52-27-35-12-17-38(51)25-43(35)67-40-18-13-34(14-19-40)42-28-53-44(57(42)4)29-56(2)3)46(62)54-41(30-66-5)47(63)55-49(26-33-10-15-37(50)16-11-33)20-8-21-58(31-49)48(64)36(24-45(60)61)23-39-9-6-7-22-59(39)65/h6-7,9-19,22,25,28,32,36,41,52H,8,20-21,23-24,26-27,29-31H2,1-5H3,(H,54,62)(H,55,63)(H,60,61)/t32-,36+,41-,49+/m0/s1. The lowest BCUT2D eigenvalue weighted by atomic mass is 9.82. The summed E-state index contributed by atoms with van der Waals surface area (Å²) < 4.78 is 14.4. The summed E-state index contributed by atoms with van der Waals surface area (Å²) in [6.07, 6.45) is 3.84. The summed E-state index contributed by atoms with van der Waals surface area (Å²) in [4.78, 5) is 62.5. The number of nitrogens with zero attached hydrogens (tertiary/aromatic N) is 5. The summed E-state index contributed by atoms with van der Waals surface area (Å²) in [6.45, 7) is 2.83. The molecule has 2 aromatic heterocycles. The number of benzene rings is 3. The molecule has 4 N–H and O–H groups in total. The van der Waals surface area contributed by atoms with Gasteiger partial charge in [0.05, 0.1) is 49.0 Å².